The van der Waals surface area contributed by atoms with Crippen LogP contribution in [0.1, 0.15) is 0 Å². The Hall–Kier alpha value is -6.17. The van der Waals surface area contributed by atoms with Crippen LogP contribution >= 0.6 is 11.3 Å². The van der Waals surface area contributed by atoms with Gasteiger partial charge in [0.15, 0.2) is 5.58 Å². The molecule has 0 unspecified atom stereocenters. The van der Waals surface area contributed by atoms with Gasteiger partial charge in [0, 0.05) is 38.9 Å². The number of para-hydroxylation sites is 2. The van der Waals surface area contributed by atoms with Crippen molar-refractivity contribution in [2.75, 3.05) is 4.90 Å². The van der Waals surface area contributed by atoms with Crippen molar-refractivity contribution < 1.29 is 8.83 Å². The lowest BCUT2D eigenvalue weighted by Gasteiger charge is -2.25. The van der Waals surface area contributed by atoms with E-state index in [-0.39, 0.29) is 0 Å². The van der Waals surface area contributed by atoms with Gasteiger partial charge in [-0.3, -0.25) is 0 Å². The normalized spacial score (nSPS) is 11.8. The summed E-state index contributed by atoms with van der Waals surface area (Å²) >= 11 is 1.71. The molecule has 0 N–H and O–H groups in total. The number of aromatic nitrogens is 1. The van der Waals surface area contributed by atoms with Crippen molar-refractivity contribution in [2.24, 2.45) is 0 Å². The Labute approximate surface area is 279 Å². The number of nitrogens with zero attached hydrogens (tertiary/aromatic N) is 2. The molecule has 3 heterocycles. The van der Waals surface area contributed by atoms with E-state index in [1.807, 2.05) is 30.3 Å². The van der Waals surface area contributed by atoms with E-state index < -0.39 is 0 Å². The number of hydrogen-bond acceptors (Lipinski definition) is 5. The third kappa shape index (κ3) is 4.25. The molecule has 0 aliphatic rings. The zero-order valence-corrected chi connectivity index (χ0v) is 26.4. The number of anilines is 3. The molecule has 0 amide bonds. The first-order valence-corrected chi connectivity index (χ1v) is 16.8. The second-order valence-corrected chi connectivity index (χ2v) is 13.0. The molecule has 0 spiro atoms. The van der Waals surface area contributed by atoms with Crippen LogP contribution in [0.2, 0.25) is 0 Å². The topological polar surface area (TPSA) is 42.4 Å². The minimum Gasteiger partial charge on any atom is -0.456 e. The molecule has 0 atom stereocenters. The van der Waals surface area contributed by atoms with Gasteiger partial charge in [-0.15, -0.1) is 11.3 Å². The summed E-state index contributed by atoms with van der Waals surface area (Å²) < 4.78 is 14.3. The summed E-state index contributed by atoms with van der Waals surface area (Å²) in [6.07, 6.45) is 0. The van der Waals surface area contributed by atoms with Crippen molar-refractivity contribution in [2.45, 2.75) is 0 Å². The van der Waals surface area contributed by atoms with E-state index in [1.54, 1.807) is 11.3 Å². The van der Waals surface area contributed by atoms with E-state index in [4.69, 9.17) is 13.8 Å². The first kappa shape index (κ1) is 27.0. The zero-order chi connectivity index (χ0) is 31.6. The van der Waals surface area contributed by atoms with Crippen LogP contribution in [-0.4, -0.2) is 4.98 Å². The molecule has 0 fully saturated rings. The first-order chi connectivity index (χ1) is 23.8. The maximum atomic E-state index is 6.58. The van der Waals surface area contributed by atoms with Gasteiger partial charge < -0.3 is 13.7 Å². The van der Waals surface area contributed by atoms with Gasteiger partial charge in [0.25, 0.3) is 0 Å². The lowest BCUT2D eigenvalue weighted by molar-refractivity contribution is 0.667. The van der Waals surface area contributed by atoms with Gasteiger partial charge in [0.1, 0.15) is 21.8 Å². The maximum absolute atomic E-state index is 6.58. The second-order valence-electron chi connectivity index (χ2n) is 12.0. The Morgan fingerprint density at radius 3 is 2.02 bits per heavy atom. The van der Waals surface area contributed by atoms with E-state index in [9.17, 15) is 0 Å². The van der Waals surface area contributed by atoms with Gasteiger partial charge in [-0.1, -0.05) is 103 Å². The zero-order valence-electron chi connectivity index (χ0n) is 25.6. The van der Waals surface area contributed by atoms with E-state index >= 15 is 0 Å². The Kier molecular flexibility index (Phi) is 6.01. The Balaban J connectivity index is 1.17. The number of hydrogen-bond donors (Lipinski definition) is 0. The van der Waals surface area contributed by atoms with Gasteiger partial charge in [-0.2, -0.15) is 0 Å². The van der Waals surface area contributed by atoms with Crippen LogP contribution in [0.4, 0.5) is 17.1 Å². The van der Waals surface area contributed by atoms with Crippen molar-refractivity contribution in [1.82, 2.24) is 4.98 Å². The summed E-state index contributed by atoms with van der Waals surface area (Å²) in [6.45, 7) is 0. The molecule has 3 aromatic heterocycles. The summed E-state index contributed by atoms with van der Waals surface area (Å²) in [4.78, 5) is 7.24. The standard InChI is InChI=1S/C43H26N2O2S/c1-3-10-27(11-4-1)28-18-20-30(21-19-28)45(36-16-9-15-33-32-14-7-8-17-37(32)47-41(33)36)31-22-23-34-39(26-31)46-38-25-24-35-42(40(34)38)48-43(44-35)29-12-5-2-6-13-29/h1-26H. The van der Waals surface area contributed by atoms with Crippen LogP contribution in [0.5, 0.6) is 0 Å². The molecule has 5 heteroatoms. The number of fused-ring (bicyclic) bond motifs is 8. The van der Waals surface area contributed by atoms with E-state index in [0.29, 0.717) is 0 Å². The molecule has 0 radical (unpaired) electrons. The molecule has 226 valence electrons. The van der Waals surface area contributed by atoms with E-state index in [2.05, 4.69) is 132 Å². The molecule has 0 saturated heterocycles. The SMILES string of the molecule is c1ccc(-c2ccc(N(c3ccc4c(c3)oc3ccc5nc(-c6ccccc6)sc5c34)c3cccc4c3oc3ccccc34)cc2)cc1. The first-order valence-electron chi connectivity index (χ1n) is 16.0. The highest BCUT2D eigenvalue weighted by atomic mass is 32.1. The second kappa shape index (κ2) is 10.7. The highest BCUT2D eigenvalue weighted by Gasteiger charge is 2.21. The molecule has 0 bridgehead atoms. The smallest absolute Gasteiger partial charge is 0.159 e. The lowest BCUT2D eigenvalue weighted by atomic mass is 10.0. The molecule has 4 nitrogen and oxygen atoms in total. The van der Waals surface area contributed by atoms with Crippen LogP contribution in [0, 0.1) is 0 Å². The Bertz CT molecular complexity index is 2780. The average Bonchev–Trinajstić information content (AvgIpc) is 3.86. The highest BCUT2D eigenvalue weighted by molar-refractivity contribution is 7.22. The largest absolute Gasteiger partial charge is 0.456 e. The number of thiazole rings is 1. The average molecular weight is 635 g/mol. The number of rotatable bonds is 5. The van der Waals surface area contributed by atoms with Crippen molar-refractivity contribution in [3.63, 3.8) is 0 Å². The molecule has 10 rings (SSSR count). The highest BCUT2D eigenvalue weighted by Crippen LogP contribution is 2.45. The molecular weight excluding hydrogens is 609 g/mol. The van der Waals surface area contributed by atoms with E-state index in [1.165, 1.54) is 5.56 Å². The van der Waals surface area contributed by atoms with Gasteiger partial charge in [-0.25, -0.2) is 4.98 Å². The minimum absolute atomic E-state index is 0.826. The molecular formula is C43H26N2O2S. The lowest BCUT2D eigenvalue weighted by Crippen LogP contribution is -2.10. The fourth-order valence-corrected chi connectivity index (χ4v) is 7.97. The molecule has 48 heavy (non-hydrogen) atoms. The monoisotopic (exact) mass is 634 g/mol. The summed E-state index contributed by atoms with van der Waals surface area (Å²) in [5.74, 6) is 0. The van der Waals surface area contributed by atoms with E-state index in [0.717, 1.165) is 87.3 Å². The third-order valence-corrected chi connectivity index (χ3v) is 10.2. The quantitative estimate of drug-likeness (QED) is 0.189. The van der Waals surface area contributed by atoms with Crippen LogP contribution in [-0.2, 0) is 0 Å². The summed E-state index contributed by atoms with van der Waals surface area (Å²) in [7, 11) is 0. The van der Waals surface area contributed by atoms with Crippen LogP contribution < -0.4 is 4.90 Å². The van der Waals surface area contributed by atoms with Crippen molar-refractivity contribution >= 4 is 82.5 Å². The Morgan fingerprint density at radius 2 is 1.19 bits per heavy atom. The Morgan fingerprint density at radius 1 is 0.479 bits per heavy atom. The molecule has 7 aromatic carbocycles. The van der Waals surface area contributed by atoms with Crippen molar-refractivity contribution in [1.29, 1.82) is 0 Å². The molecule has 0 aliphatic carbocycles. The van der Waals surface area contributed by atoms with Crippen molar-refractivity contribution in [3.8, 4) is 21.7 Å². The predicted octanol–water partition coefficient (Wildman–Crippen LogP) is 12.9. The number of furan rings is 2. The number of benzene rings is 7. The maximum Gasteiger partial charge on any atom is 0.159 e. The van der Waals surface area contributed by atoms with Gasteiger partial charge >= 0.3 is 0 Å². The van der Waals surface area contributed by atoms with Gasteiger partial charge in [0.05, 0.1) is 21.6 Å². The molecule has 10 aromatic rings. The fourth-order valence-electron chi connectivity index (χ4n) is 6.85. The summed E-state index contributed by atoms with van der Waals surface area (Å²) in [5.41, 5.74) is 10.8. The molecule has 0 saturated carbocycles. The summed E-state index contributed by atoms with van der Waals surface area (Å²) in [5, 5.41) is 5.37. The third-order valence-electron chi connectivity index (χ3n) is 9.11. The summed E-state index contributed by atoms with van der Waals surface area (Å²) in [6, 6.07) is 54.8. The van der Waals surface area contributed by atoms with Crippen LogP contribution in [0.15, 0.2) is 167 Å². The van der Waals surface area contributed by atoms with Crippen LogP contribution in [0.25, 0.3) is 75.8 Å². The van der Waals surface area contributed by atoms with Gasteiger partial charge in [-0.05, 0) is 59.7 Å². The van der Waals surface area contributed by atoms with Gasteiger partial charge in [0.2, 0.25) is 0 Å². The minimum atomic E-state index is 0.826. The fraction of sp³-hybridized carbons (Fsp3) is 0. The molecule has 0 aliphatic heterocycles. The van der Waals surface area contributed by atoms with Crippen LogP contribution in [0.3, 0.4) is 0 Å². The predicted molar refractivity (Wildman–Crippen MR) is 200 cm³/mol. The van der Waals surface area contributed by atoms with Crippen molar-refractivity contribution in [3.05, 3.63) is 158 Å².